The molecule has 1 aliphatic rings. The van der Waals surface area contributed by atoms with Crippen LogP contribution in [-0.4, -0.2) is 33.8 Å². The first-order valence-corrected chi connectivity index (χ1v) is 6.51. The van der Waals surface area contributed by atoms with Gasteiger partial charge >= 0.3 is 5.97 Å². The summed E-state index contributed by atoms with van der Waals surface area (Å²) < 4.78 is 5.51. The van der Waals surface area contributed by atoms with Gasteiger partial charge in [0.1, 0.15) is 5.82 Å². The molecule has 0 spiro atoms. The van der Waals surface area contributed by atoms with Crippen molar-refractivity contribution in [3.05, 3.63) is 39.9 Å². The van der Waals surface area contributed by atoms with Crippen molar-refractivity contribution in [2.75, 3.05) is 6.61 Å². The fourth-order valence-electron chi connectivity index (χ4n) is 2.44. The summed E-state index contributed by atoms with van der Waals surface area (Å²) in [6.45, 7) is 0.742. The Labute approximate surface area is 114 Å². The summed E-state index contributed by atoms with van der Waals surface area (Å²) >= 11 is 0. The second kappa shape index (κ2) is 5.05. The summed E-state index contributed by atoms with van der Waals surface area (Å²) in [5.74, 6) is -0.494. The zero-order chi connectivity index (χ0) is 14.1. The molecule has 1 fully saturated rings. The summed E-state index contributed by atoms with van der Waals surface area (Å²) in [7, 11) is 0. The number of carboxylic acid groups (broad SMARTS) is 1. The third-order valence-electron chi connectivity index (χ3n) is 3.45. The number of aromatic carboxylic acids is 1. The molecule has 6 heteroatoms. The van der Waals surface area contributed by atoms with E-state index in [0.717, 1.165) is 19.4 Å². The number of hydrogen-bond donors (Lipinski definition) is 2. The van der Waals surface area contributed by atoms with Crippen molar-refractivity contribution < 1.29 is 14.6 Å². The fraction of sp³-hybridized carbons (Fsp3) is 0.357. The number of fused-ring (bicyclic) bond motifs is 1. The average molecular weight is 274 g/mol. The highest BCUT2D eigenvalue weighted by Gasteiger charge is 2.18. The van der Waals surface area contributed by atoms with Crippen molar-refractivity contribution in [1.29, 1.82) is 0 Å². The number of ether oxygens (including phenoxy) is 1. The number of carboxylic acids is 1. The fourth-order valence-corrected chi connectivity index (χ4v) is 2.44. The van der Waals surface area contributed by atoms with Gasteiger partial charge in [-0.3, -0.25) is 4.79 Å². The Morgan fingerprint density at radius 3 is 3.05 bits per heavy atom. The van der Waals surface area contributed by atoms with E-state index >= 15 is 0 Å². The first kappa shape index (κ1) is 12.8. The highest BCUT2D eigenvalue weighted by atomic mass is 16.5. The van der Waals surface area contributed by atoms with Gasteiger partial charge in [0.25, 0.3) is 5.56 Å². The number of aromatic nitrogens is 2. The summed E-state index contributed by atoms with van der Waals surface area (Å²) in [6, 6.07) is 4.31. The van der Waals surface area contributed by atoms with Crippen molar-refractivity contribution in [2.24, 2.45) is 0 Å². The van der Waals surface area contributed by atoms with Crippen LogP contribution in [-0.2, 0) is 11.2 Å². The number of H-pyrrole nitrogens is 1. The molecule has 0 saturated carbocycles. The molecule has 1 unspecified atom stereocenters. The van der Waals surface area contributed by atoms with E-state index in [1.807, 2.05) is 0 Å². The third kappa shape index (κ3) is 2.42. The molecule has 0 aliphatic carbocycles. The quantitative estimate of drug-likeness (QED) is 0.881. The molecule has 1 atom stereocenters. The Bertz CT molecular complexity index is 717. The van der Waals surface area contributed by atoms with E-state index < -0.39 is 5.97 Å². The third-order valence-corrected chi connectivity index (χ3v) is 3.45. The molecule has 6 nitrogen and oxygen atoms in total. The summed E-state index contributed by atoms with van der Waals surface area (Å²) in [5.41, 5.74) is 0.278. The van der Waals surface area contributed by atoms with E-state index in [4.69, 9.17) is 9.84 Å². The van der Waals surface area contributed by atoms with Crippen LogP contribution >= 0.6 is 0 Å². The lowest BCUT2D eigenvalue weighted by Crippen LogP contribution is -2.17. The van der Waals surface area contributed by atoms with E-state index in [-0.39, 0.29) is 17.2 Å². The SMILES string of the molecule is O=C(O)c1ccc2c(=O)[nH]c(CC3CCCO3)nc2c1. The number of aromatic amines is 1. The van der Waals surface area contributed by atoms with Crippen LogP contribution in [0.15, 0.2) is 23.0 Å². The Morgan fingerprint density at radius 1 is 1.50 bits per heavy atom. The van der Waals surface area contributed by atoms with Crippen LogP contribution < -0.4 is 5.56 Å². The van der Waals surface area contributed by atoms with Crippen molar-refractivity contribution in [2.45, 2.75) is 25.4 Å². The summed E-state index contributed by atoms with van der Waals surface area (Å²) in [5, 5.41) is 9.37. The first-order chi connectivity index (χ1) is 9.63. The van der Waals surface area contributed by atoms with Gasteiger partial charge in [-0.1, -0.05) is 0 Å². The molecule has 2 aromatic rings. The van der Waals surface area contributed by atoms with Crippen LogP contribution in [0.4, 0.5) is 0 Å². The maximum absolute atomic E-state index is 12.0. The minimum Gasteiger partial charge on any atom is -0.478 e. The highest BCUT2D eigenvalue weighted by Crippen LogP contribution is 2.16. The molecule has 1 saturated heterocycles. The number of carbonyl (C=O) groups is 1. The van der Waals surface area contributed by atoms with Gasteiger partial charge in [0.05, 0.1) is 22.6 Å². The first-order valence-electron chi connectivity index (χ1n) is 6.51. The van der Waals surface area contributed by atoms with Gasteiger partial charge in [-0.15, -0.1) is 0 Å². The smallest absolute Gasteiger partial charge is 0.335 e. The lowest BCUT2D eigenvalue weighted by Gasteiger charge is -2.09. The van der Waals surface area contributed by atoms with Gasteiger partial charge in [-0.2, -0.15) is 0 Å². The van der Waals surface area contributed by atoms with Crippen molar-refractivity contribution in [3.8, 4) is 0 Å². The van der Waals surface area contributed by atoms with Gasteiger partial charge in [-0.05, 0) is 31.0 Å². The number of nitrogens with one attached hydrogen (secondary N) is 1. The number of benzene rings is 1. The predicted molar refractivity (Wildman–Crippen MR) is 72.0 cm³/mol. The minimum atomic E-state index is -1.03. The van der Waals surface area contributed by atoms with Gasteiger partial charge < -0.3 is 14.8 Å². The van der Waals surface area contributed by atoms with Crippen LogP contribution in [0, 0.1) is 0 Å². The molecule has 1 aromatic carbocycles. The van der Waals surface area contributed by atoms with E-state index in [2.05, 4.69) is 9.97 Å². The Hall–Kier alpha value is -2.21. The lowest BCUT2D eigenvalue weighted by molar-refractivity contribution is 0.0697. The number of nitrogens with zero attached hydrogens (tertiary/aromatic N) is 1. The van der Waals surface area contributed by atoms with Crippen LogP contribution in [0.2, 0.25) is 0 Å². The van der Waals surface area contributed by atoms with E-state index in [9.17, 15) is 9.59 Å². The predicted octanol–water partition coefficient (Wildman–Crippen LogP) is 1.34. The zero-order valence-electron chi connectivity index (χ0n) is 10.8. The maximum atomic E-state index is 12.0. The van der Waals surface area contributed by atoms with Crippen molar-refractivity contribution in [3.63, 3.8) is 0 Å². The molecule has 2 N–H and O–H groups in total. The van der Waals surface area contributed by atoms with Crippen LogP contribution in [0.25, 0.3) is 10.9 Å². The van der Waals surface area contributed by atoms with Crippen LogP contribution in [0.5, 0.6) is 0 Å². The zero-order valence-corrected chi connectivity index (χ0v) is 10.8. The maximum Gasteiger partial charge on any atom is 0.335 e. The molecule has 0 radical (unpaired) electrons. The van der Waals surface area contributed by atoms with Gasteiger partial charge in [0.15, 0.2) is 0 Å². The van der Waals surface area contributed by atoms with Crippen molar-refractivity contribution >= 4 is 16.9 Å². The van der Waals surface area contributed by atoms with E-state index in [1.165, 1.54) is 18.2 Å². The standard InChI is InChI=1S/C14H14N2O4/c17-13-10-4-3-8(14(18)19)6-11(10)15-12(16-13)7-9-2-1-5-20-9/h3-4,6,9H,1-2,5,7H2,(H,18,19)(H,15,16,17). The van der Waals surface area contributed by atoms with Crippen LogP contribution in [0.3, 0.4) is 0 Å². The lowest BCUT2D eigenvalue weighted by atomic mass is 10.1. The average Bonchev–Trinajstić information content (AvgIpc) is 2.91. The molecule has 0 amide bonds. The molecule has 0 bridgehead atoms. The van der Waals surface area contributed by atoms with Gasteiger partial charge in [-0.25, -0.2) is 9.78 Å². The van der Waals surface area contributed by atoms with Gasteiger partial charge in [0, 0.05) is 13.0 Å². The number of rotatable bonds is 3. The molecule has 1 aliphatic heterocycles. The summed E-state index contributed by atoms with van der Waals surface area (Å²) in [6.07, 6.45) is 2.60. The second-order valence-corrected chi connectivity index (χ2v) is 4.89. The molecular formula is C14H14N2O4. The molecule has 104 valence electrons. The molecule has 20 heavy (non-hydrogen) atoms. The summed E-state index contributed by atoms with van der Waals surface area (Å²) in [4.78, 5) is 30.0. The Balaban J connectivity index is 2.01. The highest BCUT2D eigenvalue weighted by molar-refractivity contribution is 5.92. The van der Waals surface area contributed by atoms with E-state index in [0.29, 0.717) is 23.1 Å². The van der Waals surface area contributed by atoms with E-state index in [1.54, 1.807) is 0 Å². The van der Waals surface area contributed by atoms with Crippen LogP contribution in [0.1, 0.15) is 29.0 Å². The topological polar surface area (TPSA) is 92.3 Å². The normalized spacial score (nSPS) is 18.5. The number of hydrogen-bond acceptors (Lipinski definition) is 4. The largest absolute Gasteiger partial charge is 0.478 e. The monoisotopic (exact) mass is 274 g/mol. The van der Waals surface area contributed by atoms with Gasteiger partial charge in [0.2, 0.25) is 0 Å². The molecule has 3 rings (SSSR count). The Morgan fingerprint density at radius 2 is 2.35 bits per heavy atom. The molecular weight excluding hydrogens is 260 g/mol. The molecule has 1 aromatic heterocycles. The second-order valence-electron chi connectivity index (χ2n) is 4.89. The Kier molecular flexibility index (Phi) is 3.23. The van der Waals surface area contributed by atoms with Crippen molar-refractivity contribution in [1.82, 2.24) is 9.97 Å². The molecule has 2 heterocycles. The minimum absolute atomic E-state index is 0.0817.